The summed E-state index contributed by atoms with van der Waals surface area (Å²) in [6.45, 7) is 3.91. The molecule has 3 nitrogen and oxygen atoms in total. The van der Waals surface area contributed by atoms with Crippen LogP contribution < -0.4 is 5.32 Å². The summed E-state index contributed by atoms with van der Waals surface area (Å²) in [5.74, 6) is 0.995. The summed E-state index contributed by atoms with van der Waals surface area (Å²) in [5, 5.41) is 3.35. The molecule has 1 aliphatic rings. The highest BCUT2D eigenvalue weighted by molar-refractivity contribution is 5.79. The molecule has 0 spiro atoms. The van der Waals surface area contributed by atoms with E-state index >= 15 is 0 Å². The Morgan fingerprint density at radius 2 is 1.85 bits per heavy atom. The van der Waals surface area contributed by atoms with E-state index in [1.54, 1.807) is 0 Å². The van der Waals surface area contributed by atoms with Gasteiger partial charge in [-0.15, -0.1) is 0 Å². The predicted molar refractivity (Wildman–Crippen MR) is 86.3 cm³/mol. The Labute approximate surface area is 123 Å². The van der Waals surface area contributed by atoms with Gasteiger partial charge in [-0.1, -0.05) is 43.2 Å². The molecular weight excluding hydrogens is 246 g/mol. The van der Waals surface area contributed by atoms with Crippen LogP contribution in [0.15, 0.2) is 35.3 Å². The highest BCUT2D eigenvalue weighted by Crippen LogP contribution is 2.41. The van der Waals surface area contributed by atoms with Gasteiger partial charge in [-0.25, -0.2) is 0 Å². The van der Waals surface area contributed by atoms with Crippen molar-refractivity contribution in [2.75, 3.05) is 27.2 Å². The Kier molecular flexibility index (Phi) is 5.05. The Balaban J connectivity index is 2.20. The van der Waals surface area contributed by atoms with Crippen molar-refractivity contribution >= 4 is 5.96 Å². The number of hydrogen-bond acceptors (Lipinski definition) is 1. The van der Waals surface area contributed by atoms with Crippen LogP contribution in [0.1, 0.15) is 38.2 Å². The van der Waals surface area contributed by atoms with Crippen molar-refractivity contribution in [2.24, 2.45) is 4.99 Å². The maximum Gasteiger partial charge on any atom is 0.193 e. The van der Waals surface area contributed by atoms with Crippen LogP contribution >= 0.6 is 0 Å². The third-order valence-electron chi connectivity index (χ3n) is 4.24. The summed E-state index contributed by atoms with van der Waals surface area (Å²) in [5.41, 5.74) is 1.70. The lowest BCUT2D eigenvalue weighted by Gasteiger charge is -2.29. The molecule has 0 atom stereocenters. The Bertz CT molecular complexity index is 431. The van der Waals surface area contributed by atoms with Crippen molar-refractivity contribution in [3.05, 3.63) is 35.9 Å². The van der Waals surface area contributed by atoms with Crippen LogP contribution in [-0.4, -0.2) is 38.0 Å². The SMILES string of the molecule is CCNC(=NCC1(c2ccccc2)CCCC1)N(C)C. The monoisotopic (exact) mass is 273 g/mol. The lowest BCUT2D eigenvalue weighted by molar-refractivity contribution is 0.448. The van der Waals surface area contributed by atoms with Gasteiger partial charge in [-0.3, -0.25) is 4.99 Å². The second-order valence-corrected chi connectivity index (χ2v) is 5.92. The number of aliphatic imine (C=N–C) groups is 1. The summed E-state index contributed by atoms with van der Waals surface area (Å²) < 4.78 is 0. The van der Waals surface area contributed by atoms with Gasteiger partial charge >= 0.3 is 0 Å². The minimum atomic E-state index is 0.248. The van der Waals surface area contributed by atoms with E-state index in [1.807, 2.05) is 14.1 Å². The first kappa shape index (κ1) is 14.9. The molecule has 2 rings (SSSR count). The zero-order valence-electron chi connectivity index (χ0n) is 13.0. The fourth-order valence-corrected chi connectivity index (χ4v) is 3.12. The minimum Gasteiger partial charge on any atom is -0.357 e. The summed E-state index contributed by atoms with van der Waals surface area (Å²) in [4.78, 5) is 6.94. The maximum absolute atomic E-state index is 4.87. The van der Waals surface area contributed by atoms with E-state index < -0.39 is 0 Å². The Morgan fingerprint density at radius 3 is 2.40 bits per heavy atom. The van der Waals surface area contributed by atoms with Crippen LogP contribution in [0.2, 0.25) is 0 Å². The van der Waals surface area contributed by atoms with Crippen LogP contribution in [0.4, 0.5) is 0 Å². The van der Waals surface area contributed by atoms with E-state index in [4.69, 9.17) is 4.99 Å². The van der Waals surface area contributed by atoms with E-state index in [9.17, 15) is 0 Å². The van der Waals surface area contributed by atoms with Gasteiger partial charge in [-0.05, 0) is 25.3 Å². The van der Waals surface area contributed by atoms with E-state index in [-0.39, 0.29) is 5.41 Å². The third kappa shape index (κ3) is 3.33. The number of hydrogen-bond donors (Lipinski definition) is 1. The van der Waals surface area contributed by atoms with Gasteiger partial charge in [0.1, 0.15) is 0 Å². The van der Waals surface area contributed by atoms with Gasteiger partial charge < -0.3 is 10.2 Å². The van der Waals surface area contributed by atoms with Gasteiger partial charge in [0.2, 0.25) is 0 Å². The molecule has 1 aromatic rings. The maximum atomic E-state index is 4.87. The molecule has 0 bridgehead atoms. The Hall–Kier alpha value is -1.51. The number of guanidine groups is 1. The van der Waals surface area contributed by atoms with Crippen LogP contribution in [0.3, 0.4) is 0 Å². The van der Waals surface area contributed by atoms with Crippen LogP contribution in [0.5, 0.6) is 0 Å². The highest BCUT2D eigenvalue weighted by Gasteiger charge is 2.35. The summed E-state index contributed by atoms with van der Waals surface area (Å²) >= 11 is 0. The molecule has 0 amide bonds. The number of nitrogens with one attached hydrogen (secondary N) is 1. The first-order chi connectivity index (χ1) is 9.68. The average molecular weight is 273 g/mol. The van der Waals surface area contributed by atoms with Crippen LogP contribution in [0.25, 0.3) is 0 Å². The number of benzene rings is 1. The molecule has 0 aliphatic heterocycles. The number of nitrogens with zero attached hydrogens (tertiary/aromatic N) is 2. The summed E-state index contributed by atoms with van der Waals surface area (Å²) in [6, 6.07) is 10.9. The molecule has 0 heterocycles. The third-order valence-corrected chi connectivity index (χ3v) is 4.24. The Morgan fingerprint density at radius 1 is 1.20 bits per heavy atom. The zero-order chi connectivity index (χ0) is 14.4. The van der Waals surface area contributed by atoms with Gasteiger partial charge in [0, 0.05) is 26.1 Å². The highest BCUT2D eigenvalue weighted by atomic mass is 15.3. The molecule has 0 saturated heterocycles. The summed E-state index contributed by atoms with van der Waals surface area (Å²) in [7, 11) is 4.09. The van der Waals surface area contributed by atoms with Crippen LogP contribution in [-0.2, 0) is 5.41 Å². The van der Waals surface area contributed by atoms with Crippen LogP contribution in [0, 0.1) is 0 Å². The normalized spacial score (nSPS) is 18.1. The van der Waals surface area contributed by atoms with Crippen molar-refractivity contribution in [3.8, 4) is 0 Å². The number of rotatable bonds is 4. The first-order valence-corrected chi connectivity index (χ1v) is 7.69. The second kappa shape index (κ2) is 6.78. The van der Waals surface area contributed by atoms with Crippen molar-refractivity contribution < 1.29 is 0 Å². The topological polar surface area (TPSA) is 27.6 Å². The van der Waals surface area contributed by atoms with Crippen molar-refractivity contribution in [2.45, 2.75) is 38.0 Å². The van der Waals surface area contributed by atoms with Gasteiger partial charge in [-0.2, -0.15) is 0 Å². The minimum absolute atomic E-state index is 0.248. The quantitative estimate of drug-likeness (QED) is 0.674. The molecule has 20 heavy (non-hydrogen) atoms. The molecular formula is C17H27N3. The predicted octanol–water partition coefficient (Wildman–Crippen LogP) is 3.03. The van der Waals surface area contributed by atoms with Crippen molar-refractivity contribution in [1.29, 1.82) is 0 Å². The molecule has 1 N–H and O–H groups in total. The molecule has 0 radical (unpaired) electrons. The molecule has 3 heteroatoms. The molecule has 1 aliphatic carbocycles. The van der Waals surface area contributed by atoms with Crippen molar-refractivity contribution in [3.63, 3.8) is 0 Å². The molecule has 1 aromatic carbocycles. The van der Waals surface area contributed by atoms with Gasteiger partial charge in [0.15, 0.2) is 5.96 Å². The van der Waals surface area contributed by atoms with E-state index in [0.717, 1.165) is 19.0 Å². The zero-order valence-corrected chi connectivity index (χ0v) is 13.0. The van der Waals surface area contributed by atoms with Gasteiger partial charge in [0.25, 0.3) is 0 Å². The largest absolute Gasteiger partial charge is 0.357 e. The average Bonchev–Trinajstić information content (AvgIpc) is 2.94. The first-order valence-electron chi connectivity index (χ1n) is 7.69. The lowest BCUT2D eigenvalue weighted by Crippen LogP contribution is -2.38. The lowest BCUT2D eigenvalue weighted by atomic mass is 9.79. The molecule has 0 unspecified atom stereocenters. The summed E-state index contributed by atoms with van der Waals surface area (Å²) in [6.07, 6.45) is 5.16. The standard InChI is InChI=1S/C17H27N3/c1-4-18-16(20(2)3)19-14-17(12-8-9-13-17)15-10-6-5-7-11-15/h5-7,10-11H,4,8-9,12-14H2,1-3H3,(H,18,19). The fraction of sp³-hybridized carbons (Fsp3) is 0.588. The fourth-order valence-electron chi connectivity index (χ4n) is 3.12. The second-order valence-electron chi connectivity index (χ2n) is 5.92. The smallest absolute Gasteiger partial charge is 0.193 e. The molecule has 1 saturated carbocycles. The molecule has 0 aromatic heterocycles. The van der Waals surface area contributed by atoms with E-state index in [1.165, 1.54) is 31.2 Å². The van der Waals surface area contributed by atoms with E-state index in [2.05, 4.69) is 47.5 Å². The molecule has 1 fully saturated rings. The van der Waals surface area contributed by atoms with Crippen molar-refractivity contribution in [1.82, 2.24) is 10.2 Å². The van der Waals surface area contributed by atoms with E-state index in [0.29, 0.717) is 0 Å². The van der Waals surface area contributed by atoms with Gasteiger partial charge in [0.05, 0.1) is 6.54 Å². The molecule has 110 valence electrons.